The fourth-order valence-corrected chi connectivity index (χ4v) is 3.92. The standard InChI is InChI=1S/C26H30Cl2N2O3/c1-16(2)24(17(3)14-22(27)28)25(31)33-21(15-29)20-8-7-9-23(30-20)32-19-12-10-18(11-13-19)26(4,5)6/h7-14,16-17,21,24H,1-6H3. The molecule has 0 saturated carbocycles. The van der Waals surface area contributed by atoms with E-state index in [4.69, 9.17) is 32.7 Å². The molecule has 7 heteroatoms. The van der Waals surface area contributed by atoms with Crippen molar-refractivity contribution in [3.63, 3.8) is 0 Å². The molecule has 0 aliphatic rings. The lowest BCUT2D eigenvalue weighted by molar-refractivity contribution is -0.155. The molecule has 0 radical (unpaired) electrons. The molecule has 0 amide bonds. The van der Waals surface area contributed by atoms with Crippen LogP contribution in [0, 0.1) is 29.1 Å². The second kappa shape index (κ2) is 11.5. The van der Waals surface area contributed by atoms with Crippen LogP contribution in [0.5, 0.6) is 11.6 Å². The maximum Gasteiger partial charge on any atom is 0.311 e. The molecule has 1 aromatic carbocycles. The van der Waals surface area contributed by atoms with Crippen molar-refractivity contribution in [3.8, 4) is 17.7 Å². The van der Waals surface area contributed by atoms with Gasteiger partial charge in [-0.1, -0.05) is 89.0 Å². The summed E-state index contributed by atoms with van der Waals surface area (Å²) in [6.07, 6.45) is 0.418. The van der Waals surface area contributed by atoms with E-state index in [9.17, 15) is 10.1 Å². The monoisotopic (exact) mass is 488 g/mol. The number of hydrogen-bond acceptors (Lipinski definition) is 5. The summed E-state index contributed by atoms with van der Waals surface area (Å²) in [5.41, 5.74) is 1.51. The summed E-state index contributed by atoms with van der Waals surface area (Å²) in [5, 5.41) is 9.66. The number of ether oxygens (including phenoxy) is 2. The Balaban J connectivity index is 2.19. The van der Waals surface area contributed by atoms with Gasteiger partial charge >= 0.3 is 5.97 Å². The molecule has 2 aromatic rings. The minimum absolute atomic E-state index is 0.0385. The van der Waals surface area contributed by atoms with Crippen molar-refractivity contribution in [2.45, 2.75) is 53.1 Å². The summed E-state index contributed by atoms with van der Waals surface area (Å²) >= 11 is 11.5. The maximum absolute atomic E-state index is 12.9. The van der Waals surface area contributed by atoms with Gasteiger partial charge in [-0.15, -0.1) is 0 Å². The number of allylic oxidation sites excluding steroid dienone is 1. The predicted octanol–water partition coefficient (Wildman–Crippen LogP) is 7.51. The molecular formula is C26H30Cl2N2O3. The van der Waals surface area contributed by atoms with Gasteiger partial charge in [0.05, 0.1) is 11.6 Å². The van der Waals surface area contributed by atoms with E-state index in [1.54, 1.807) is 24.3 Å². The van der Waals surface area contributed by atoms with Gasteiger partial charge in [0.2, 0.25) is 12.0 Å². The van der Waals surface area contributed by atoms with Gasteiger partial charge in [0.1, 0.15) is 16.3 Å². The van der Waals surface area contributed by atoms with E-state index in [0.717, 1.165) is 0 Å². The molecule has 3 unspecified atom stereocenters. The number of esters is 1. The van der Waals surface area contributed by atoms with Crippen LogP contribution >= 0.6 is 23.2 Å². The highest BCUT2D eigenvalue weighted by molar-refractivity contribution is 6.55. The number of halogens is 2. The summed E-state index contributed by atoms with van der Waals surface area (Å²) in [5.74, 6) is -0.417. The molecule has 0 spiro atoms. The molecule has 2 rings (SSSR count). The molecule has 0 bridgehead atoms. The van der Waals surface area contributed by atoms with Crippen LogP contribution in [0.2, 0.25) is 0 Å². The summed E-state index contributed by atoms with van der Waals surface area (Å²) < 4.78 is 11.5. The Kier molecular flexibility index (Phi) is 9.34. The number of carbonyl (C=O) groups is 1. The lowest BCUT2D eigenvalue weighted by Gasteiger charge is -2.24. The molecule has 1 aromatic heterocycles. The van der Waals surface area contributed by atoms with Crippen LogP contribution in [0.15, 0.2) is 53.0 Å². The van der Waals surface area contributed by atoms with Gasteiger partial charge in [0.15, 0.2) is 0 Å². The minimum atomic E-state index is -1.17. The summed E-state index contributed by atoms with van der Waals surface area (Å²) in [6.45, 7) is 12.1. The first kappa shape index (κ1) is 26.7. The number of carbonyl (C=O) groups excluding carboxylic acids is 1. The Morgan fingerprint density at radius 1 is 1.09 bits per heavy atom. The molecule has 0 fully saturated rings. The van der Waals surface area contributed by atoms with Gasteiger partial charge < -0.3 is 9.47 Å². The van der Waals surface area contributed by atoms with Crippen LogP contribution in [0.1, 0.15) is 58.9 Å². The van der Waals surface area contributed by atoms with E-state index >= 15 is 0 Å². The molecule has 0 N–H and O–H groups in total. The van der Waals surface area contributed by atoms with Crippen molar-refractivity contribution in [2.24, 2.45) is 17.8 Å². The third-order valence-corrected chi connectivity index (χ3v) is 5.51. The molecule has 33 heavy (non-hydrogen) atoms. The molecule has 0 aliphatic carbocycles. The lowest BCUT2D eigenvalue weighted by atomic mass is 9.84. The zero-order valence-corrected chi connectivity index (χ0v) is 21.3. The number of nitriles is 1. The first-order chi connectivity index (χ1) is 15.4. The molecule has 3 atom stereocenters. The maximum atomic E-state index is 12.9. The van der Waals surface area contributed by atoms with E-state index in [1.807, 2.05) is 51.1 Å². The number of nitrogens with zero attached hydrogens (tertiary/aromatic N) is 2. The number of aromatic nitrogens is 1. The van der Waals surface area contributed by atoms with Gasteiger partial charge in [0.25, 0.3) is 0 Å². The molecule has 0 saturated heterocycles. The first-order valence-corrected chi connectivity index (χ1v) is 11.6. The Morgan fingerprint density at radius 3 is 2.24 bits per heavy atom. The van der Waals surface area contributed by atoms with Crippen molar-refractivity contribution in [1.82, 2.24) is 4.98 Å². The molecule has 176 valence electrons. The first-order valence-electron chi connectivity index (χ1n) is 10.8. The predicted molar refractivity (Wildman–Crippen MR) is 131 cm³/mol. The average molecular weight is 489 g/mol. The zero-order chi connectivity index (χ0) is 24.8. The number of benzene rings is 1. The van der Waals surface area contributed by atoms with Gasteiger partial charge in [-0.25, -0.2) is 4.98 Å². The van der Waals surface area contributed by atoms with Gasteiger partial charge in [-0.2, -0.15) is 5.26 Å². The van der Waals surface area contributed by atoms with Crippen molar-refractivity contribution >= 4 is 29.2 Å². The second-order valence-electron chi connectivity index (χ2n) is 9.31. The molecular weight excluding hydrogens is 459 g/mol. The Hall–Kier alpha value is -2.55. The fraction of sp³-hybridized carbons (Fsp3) is 0.423. The van der Waals surface area contributed by atoms with E-state index in [-0.39, 0.29) is 27.4 Å². The van der Waals surface area contributed by atoms with Crippen LogP contribution in [-0.4, -0.2) is 11.0 Å². The normalized spacial score (nSPS) is 14.1. The topological polar surface area (TPSA) is 72.2 Å². The van der Waals surface area contributed by atoms with E-state index in [0.29, 0.717) is 11.6 Å². The van der Waals surface area contributed by atoms with E-state index in [1.165, 1.54) is 5.56 Å². The van der Waals surface area contributed by atoms with Crippen molar-refractivity contribution in [2.75, 3.05) is 0 Å². The van der Waals surface area contributed by atoms with E-state index < -0.39 is 18.0 Å². The summed E-state index contributed by atoms with van der Waals surface area (Å²) in [4.78, 5) is 17.3. The third kappa shape index (κ3) is 7.77. The van der Waals surface area contributed by atoms with Crippen LogP contribution in [0.25, 0.3) is 0 Å². The number of rotatable bonds is 8. The SMILES string of the molecule is CC(C)C(C(=O)OC(C#N)c1cccc(Oc2ccc(C(C)(C)C)cc2)n1)C(C)C=C(Cl)Cl. The summed E-state index contributed by atoms with van der Waals surface area (Å²) in [7, 11) is 0. The number of pyridine rings is 1. The van der Waals surface area contributed by atoms with Gasteiger partial charge in [-0.05, 0) is 41.0 Å². The highest BCUT2D eigenvalue weighted by Gasteiger charge is 2.31. The van der Waals surface area contributed by atoms with Crippen molar-refractivity contribution < 1.29 is 14.3 Å². The Bertz CT molecular complexity index is 1020. The van der Waals surface area contributed by atoms with Crippen LogP contribution in [0.4, 0.5) is 0 Å². The Labute approximate surface area is 206 Å². The Morgan fingerprint density at radius 2 is 1.73 bits per heavy atom. The van der Waals surface area contributed by atoms with Crippen LogP contribution in [-0.2, 0) is 14.9 Å². The third-order valence-electron chi connectivity index (χ3n) is 5.25. The molecule has 0 aliphatic heterocycles. The lowest BCUT2D eigenvalue weighted by Crippen LogP contribution is -2.29. The fourth-order valence-electron chi connectivity index (χ4n) is 3.52. The highest BCUT2D eigenvalue weighted by Crippen LogP contribution is 2.30. The number of hydrogen-bond donors (Lipinski definition) is 0. The zero-order valence-electron chi connectivity index (χ0n) is 19.8. The average Bonchev–Trinajstić information content (AvgIpc) is 2.71. The second-order valence-corrected chi connectivity index (χ2v) is 10.3. The van der Waals surface area contributed by atoms with Crippen LogP contribution < -0.4 is 4.74 Å². The van der Waals surface area contributed by atoms with Gasteiger partial charge in [0, 0.05) is 6.07 Å². The summed E-state index contributed by atoms with van der Waals surface area (Å²) in [6, 6.07) is 14.8. The largest absolute Gasteiger partial charge is 0.440 e. The molecule has 1 heterocycles. The van der Waals surface area contributed by atoms with Crippen molar-refractivity contribution in [3.05, 3.63) is 64.3 Å². The molecule has 5 nitrogen and oxygen atoms in total. The van der Waals surface area contributed by atoms with Crippen molar-refractivity contribution in [1.29, 1.82) is 5.26 Å². The van der Waals surface area contributed by atoms with E-state index in [2.05, 4.69) is 25.8 Å². The highest BCUT2D eigenvalue weighted by atomic mass is 35.5. The smallest absolute Gasteiger partial charge is 0.311 e. The van der Waals surface area contributed by atoms with Gasteiger partial charge in [-0.3, -0.25) is 4.79 Å². The minimum Gasteiger partial charge on any atom is -0.440 e. The van der Waals surface area contributed by atoms with Crippen LogP contribution in [0.3, 0.4) is 0 Å². The quantitative estimate of drug-likeness (QED) is 0.359.